The van der Waals surface area contributed by atoms with E-state index in [0.29, 0.717) is 16.1 Å². The van der Waals surface area contributed by atoms with Gasteiger partial charge in [-0.1, -0.05) is 29.3 Å². The summed E-state index contributed by atoms with van der Waals surface area (Å²) >= 11 is 11.8. The van der Waals surface area contributed by atoms with Gasteiger partial charge < -0.3 is 11.1 Å². The fraction of sp³-hybridized carbons (Fsp3) is 0.500. The van der Waals surface area contributed by atoms with E-state index in [4.69, 9.17) is 28.9 Å². The van der Waals surface area contributed by atoms with Gasteiger partial charge in [0, 0.05) is 6.04 Å². The molecule has 0 fully saturated rings. The van der Waals surface area contributed by atoms with Crippen molar-refractivity contribution in [2.24, 2.45) is 5.73 Å². The molecular weight excluding hydrogens is 243 g/mol. The molecule has 0 aliphatic rings. The van der Waals surface area contributed by atoms with E-state index in [9.17, 15) is 0 Å². The molecule has 3 N–H and O–H groups in total. The lowest BCUT2D eigenvalue weighted by atomic mass is 10.1. The number of nitrogens with one attached hydrogen (secondary N) is 1. The number of halogens is 2. The van der Waals surface area contributed by atoms with E-state index in [1.54, 1.807) is 0 Å². The molecule has 1 atom stereocenters. The molecule has 0 radical (unpaired) electrons. The Balaban J connectivity index is 2.34. The predicted molar refractivity (Wildman–Crippen MR) is 71.3 cm³/mol. The van der Waals surface area contributed by atoms with Gasteiger partial charge in [0.15, 0.2) is 0 Å². The highest BCUT2D eigenvalue weighted by Gasteiger charge is 2.01. The molecule has 2 nitrogen and oxygen atoms in total. The van der Waals surface area contributed by atoms with Crippen LogP contribution in [0.4, 0.5) is 0 Å². The second-order valence-corrected chi connectivity index (χ2v) is 4.75. The van der Waals surface area contributed by atoms with Crippen LogP contribution in [-0.2, 0) is 6.42 Å². The van der Waals surface area contributed by atoms with Crippen molar-refractivity contribution in [3.63, 3.8) is 0 Å². The van der Waals surface area contributed by atoms with Crippen molar-refractivity contribution in [2.45, 2.75) is 25.8 Å². The van der Waals surface area contributed by atoms with Crippen LogP contribution in [0.2, 0.25) is 10.0 Å². The number of nitrogens with two attached hydrogens (primary N) is 1. The molecule has 0 spiro atoms. The van der Waals surface area contributed by atoms with Gasteiger partial charge in [0.25, 0.3) is 0 Å². The Kier molecular flexibility index (Phi) is 6.14. The van der Waals surface area contributed by atoms with Crippen LogP contribution in [0.1, 0.15) is 18.9 Å². The third-order valence-corrected chi connectivity index (χ3v) is 3.23. The second-order valence-electron chi connectivity index (χ2n) is 3.93. The normalized spacial score (nSPS) is 12.8. The van der Waals surface area contributed by atoms with Gasteiger partial charge >= 0.3 is 0 Å². The fourth-order valence-electron chi connectivity index (χ4n) is 1.51. The standard InChI is InChI=1S/C12H18Cl2N2/c1-9(4-6-15)16-7-5-10-2-3-11(13)12(14)8-10/h2-3,8-9,16H,4-7,15H2,1H3. The first-order valence-electron chi connectivity index (χ1n) is 5.51. The van der Waals surface area contributed by atoms with Crippen LogP contribution in [0.25, 0.3) is 0 Å². The van der Waals surface area contributed by atoms with Crippen LogP contribution in [0, 0.1) is 0 Å². The predicted octanol–water partition coefficient (Wildman–Crippen LogP) is 2.86. The molecule has 90 valence electrons. The Morgan fingerprint density at radius 2 is 2.06 bits per heavy atom. The Morgan fingerprint density at radius 1 is 1.31 bits per heavy atom. The molecule has 0 aliphatic carbocycles. The zero-order chi connectivity index (χ0) is 12.0. The quantitative estimate of drug-likeness (QED) is 0.826. The van der Waals surface area contributed by atoms with Crippen LogP contribution in [-0.4, -0.2) is 19.1 Å². The van der Waals surface area contributed by atoms with E-state index in [2.05, 4.69) is 12.2 Å². The summed E-state index contributed by atoms with van der Waals surface area (Å²) in [6, 6.07) is 6.22. The third-order valence-electron chi connectivity index (χ3n) is 2.49. The smallest absolute Gasteiger partial charge is 0.0595 e. The maximum absolute atomic E-state index is 5.94. The molecule has 0 aromatic heterocycles. The number of rotatable bonds is 6. The second kappa shape index (κ2) is 7.13. The minimum atomic E-state index is 0.466. The average Bonchev–Trinajstić information content (AvgIpc) is 2.24. The van der Waals surface area contributed by atoms with E-state index in [0.717, 1.165) is 25.9 Å². The highest BCUT2D eigenvalue weighted by Crippen LogP contribution is 2.22. The molecule has 1 unspecified atom stereocenters. The summed E-state index contributed by atoms with van der Waals surface area (Å²) in [6.45, 7) is 3.79. The Bertz CT molecular complexity index is 329. The Labute approximate surface area is 107 Å². The summed E-state index contributed by atoms with van der Waals surface area (Å²) in [6.07, 6.45) is 1.95. The van der Waals surface area contributed by atoms with Gasteiger partial charge in [-0.2, -0.15) is 0 Å². The van der Waals surface area contributed by atoms with Gasteiger partial charge in [-0.25, -0.2) is 0 Å². The highest BCUT2D eigenvalue weighted by atomic mass is 35.5. The van der Waals surface area contributed by atoms with Gasteiger partial charge in [-0.3, -0.25) is 0 Å². The minimum Gasteiger partial charge on any atom is -0.330 e. The number of benzene rings is 1. The first-order chi connectivity index (χ1) is 7.63. The van der Waals surface area contributed by atoms with Crippen LogP contribution in [0.3, 0.4) is 0 Å². The van der Waals surface area contributed by atoms with Gasteiger partial charge in [-0.15, -0.1) is 0 Å². The largest absolute Gasteiger partial charge is 0.330 e. The van der Waals surface area contributed by atoms with E-state index in [1.807, 2.05) is 18.2 Å². The van der Waals surface area contributed by atoms with E-state index < -0.39 is 0 Å². The van der Waals surface area contributed by atoms with Crippen molar-refractivity contribution < 1.29 is 0 Å². The molecule has 0 amide bonds. The summed E-state index contributed by atoms with van der Waals surface area (Å²) in [5.74, 6) is 0. The van der Waals surface area contributed by atoms with Crippen molar-refractivity contribution >= 4 is 23.2 Å². The minimum absolute atomic E-state index is 0.466. The van der Waals surface area contributed by atoms with Gasteiger partial charge in [0.1, 0.15) is 0 Å². The Hall–Kier alpha value is -0.280. The highest BCUT2D eigenvalue weighted by molar-refractivity contribution is 6.42. The number of hydrogen-bond donors (Lipinski definition) is 2. The lowest BCUT2D eigenvalue weighted by Gasteiger charge is -2.12. The zero-order valence-electron chi connectivity index (χ0n) is 9.47. The van der Waals surface area contributed by atoms with Crippen LogP contribution < -0.4 is 11.1 Å². The molecule has 1 aromatic carbocycles. The lowest BCUT2D eigenvalue weighted by Crippen LogP contribution is -2.30. The van der Waals surface area contributed by atoms with Crippen molar-refractivity contribution in [3.8, 4) is 0 Å². The first-order valence-corrected chi connectivity index (χ1v) is 6.26. The molecule has 4 heteroatoms. The SMILES string of the molecule is CC(CCN)NCCc1ccc(Cl)c(Cl)c1. The van der Waals surface area contributed by atoms with Crippen molar-refractivity contribution in [3.05, 3.63) is 33.8 Å². The lowest BCUT2D eigenvalue weighted by molar-refractivity contribution is 0.523. The summed E-state index contributed by atoms with van der Waals surface area (Å²) in [5.41, 5.74) is 6.67. The van der Waals surface area contributed by atoms with Crippen molar-refractivity contribution in [1.82, 2.24) is 5.32 Å². The Morgan fingerprint density at radius 3 is 2.69 bits per heavy atom. The van der Waals surface area contributed by atoms with E-state index in [1.165, 1.54) is 5.56 Å². The van der Waals surface area contributed by atoms with Crippen LogP contribution in [0.5, 0.6) is 0 Å². The van der Waals surface area contributed by atoms with Crippen LogP contribution >= 0.6 is 23.2 Å². The third kappa shape index (κ3) is 4.71. The van der Waals surface area contributed by atoms with Crippen molar-refractivity contribution in [1.29, 1.82) is 0 Å². The molecule has 0 heterocycles. The van der Waals surface area contributed by atoms with E-state index in [-0.39, 0.29) is 0 Å². The summed E-state index contributed by atoms with van der Waals surface area (Å²) in [5, 5.41) is 4.64. The zero-order valence-corrected chi connectivity index (χ0v) is 11.0. The fourth-order valence-corrected chi connectivity index (χ4v) is 1.83. The van der Waals surface area contributed by atoms with Crippen LogP contribution in [0.15, 0.2) is 18.2 Å². The molecule has 16 heavy (non-hydrogen) atoms. The van der Waals surface area contributed by atoms with Gasteiger partial charge in [0.05, 0.1) is 10.0 Å². The molecule has 0 saturated heterocycles. The maximum atomic E-state index is 5.94. The molecular formula is C12H18Cl2N2. The summed E-state index contributed by atoms with van der Waals surface area (Å²) < 4.78 is 0. The summed E-state index contributed by atoms with van der Waals surface area (Å²) in [7, 11) is 0. The topological polar surface area (TPSA) is 38.0 Å². The molecule has 1 aromatic rings. The summed E-state index contributed by atoms with van der Waals surface area (Å²) in [4.78, 5) is 0. The molecule has 0 aliphatic heterocycles. The first kappa shape index (κ1) is 13.8. The van der Waals surface area contributed by atoms with Crippen molar-refractivity contribution in [2.75, 3.05) is 13.1 Å². The molecule has 0 bridgehead atoms. The molecule has 0 saturated carbocycles. The average molecular weight is 261 g/mol. The monoisotopic (exact) mass is 260 g/mol. The molecule has 1 rings (SSSR count). The maximum Gasteiger partial charge on any atom is 0.0595 e. The number of hydrogen-bond acceptors (Lipinski definition) is 2. The van der Waals surface area contributed by atoms with Gasteiger partial charge in [-0.05, 0) is 50.6 Å². The van der Waals surface area contributed by atoms with E-state index >= 15 is 0 Å². The van der Waals surface area contributed by atoms with Gasteiger partial charge in [0.2, 0.25) is 0 Å².